The molecule has 2 amide bonds. The maximum absolute atomic E-state index is 12.1. The second kappa shape index (κ2) is 7.90. The van der Waals surface area contributed by atoms with Gasteiger partial charge in [0.05, 0.1) is 11.3 Å². The molecule has 7 heteroatoms. The van der Waals surface area contributed by atoms with E-state index < -0.39 is 11.9 Å². The van der Waals surface area contributed by atoms with Crippen molar-refractivity contribution in [1.29, 1.82) is 0 Å². The van der Waals surface area contributed by atoms with Gasteiger partial charge in [0.2, 0.25) is 5.91 Å². The lowest BCUT2D eigenvalue weighted by molar-refractivity contribution is -0.118. The van der Waals surface area contributed by atoms with E-state index in [4.69, 9.17) is 4.74 Å². The first kappa shape index (κ1) is 18.4. The summed E-state index contributed by atoms with van der Waals surface area (Å²) in [7, 11) is 0. The monoisotopic (exact) mass is 368 g/mol. The Bertz CT molecular complexity index is 894. The SMILES string of the molecule is Cc1ccc(NC(=O)COc2cccc(N3CCCC3=O)c2)c(C(=O)O)c1. The van der Waals surface area contributed by atoms with E-state index in [0.29, 0.717) is 18.7 Å². The zero-order valence-electron chi connectivity index (χ0n) is 14.9. The largest absolute Gasteiger partial charge is 0.484 e. The number of nitrogens with zero attached hydrogens (tertiary/aromatic N) is 1. The van der Waals surface area contributed by atoms with E-state index in [0.717, 1.165) is 17.7 Å². The lowest BCUT2D eigenvalue weighted by atomic mass is 10.1. The molecule has 3 rings (SSSR count). The number of aryl methyl sites for hydroxylation is 1. The molecule has 2 N–H and O–H groups in total. The van der Waals surface area contributed by atoms with Gasteiger partial charge in [0.1, 0.15) is 5.75 Å². The molecule has 1 fully saturated rings. The highest BCUT2D eigenvalue weighted by atomic mass is 16.5. The molecule has 0 radical (unpaired) electrons. The number of hydrogen-bond acceptors (Lipinski definition) is 4. The molecule has 140 valence electrons. The minimum atomic E-state index is -1.11. The molecular formula is C20H20N2O5. The van der Waals surface area contributed by atoms with Gasteiger partial charge < -0.3 is 20.1 Å². The summed E-state index contributed by atoms with van der Waals surface area (Å²) >= 11 is 0. The smallest absolute Gasteiger partial charge is 0.337 e. The van der Waals surface area contributed by atoms with Crippen LogP contribution in [0.15, 0.2) is 42.5 Å². The maximum Gasteiger partial charge on any atom is 0.337 e. The third kappa shape index (κ3) is 4.44. The number of aromatic carboxylic acids is 1. The van der Waals surface area contributed by atoms with Crippen LogP contribution in [0.2, 0.25) is 0 Å². The Balaban J connectivity index is 1.63. The first-order valence-corrected chi connectivity index (χ1v) is 8.61. The van der Waals surface area contributed by atoms with Crippen LogP contribution in [0.4, 0.5) is 11.4 Å². The third-order valence-electron chi connectivity index (χ3n) is 4.25. The predicted molar refractivity (Wildman–Crippen MR) is 100 cm³/mol. The van der Waals surface area contributed by atoms with E-state index in [1.807, 2.05) is 6.07 Å². The molecule has 1 aliphatic rings. The van der Waals surface area contributed by atoms with Crippen molar-refractivity contribution >= 4 is 29.2 Å². The van der Waals surface area contributed by atoms with Crippen molar-refractivity contribution in [2.45, 2.75) is 19.8 Å². The van der Waals surface area contributed by atoms with Crippen molar-refractivity contribution in [3.8, 4) is 5.75 Å². The van der Waals surface area contributed by atoms with Crippen molar-refractivity contribution in [2.24, 2.45) is 0 Å². The number of amides is 2. The standard InChI is InChI=1S/C20H20N2O5/c1-13-7-8-17(16(10-13)20(25)26)21-18(23)12-27-15-5-2-4-14(11-15)22-9-3-6-19(22)24/h2,4-5,7-8,10-11H,3,6,9,12H2,1H3,(H,21,23)(H,25,26). The first-order chi connectivity index (χ1) is 12.9. The molecule has 1 heterocycles. The number of carbonyl (C=O) groups is 3. The Labute approximate surface area is 156 Å². The van der Waals surface area contributed by atoms with Gasteiger partial charge in [-0.15, -0.1) is 0 Å². The van der Waals surface area contributed by atoms with Crippen LogP contribution in [0.5, 0.6) is 5.75 Å². The summed E-state index contributed by atoms with van der Waals surface area (Å²) in [6.07, 6.45) is 1.37. The zero-order valence-corrected chi connectivity index (χ0v) is 14.9. The highest BCUT2D eigenvalue weighted by Crippen LogP contribution is 2.25. The van der Waals surface area contributed by atoms with E-state index in [1.54, 1.807) is 42.2 Å². The molecule has 1 saturated heterocycles. The van der Waals surface area contributed by atoms with Crippen LogP contribution in [0.25, 0.3) is 0 Å². The number of carboxylic acid groups (broad SMARTS) is 1. The van der Waals surface area contributed by atoms with Gasteiger partial charge in [-0.25, -0.2) is 4.79 Å². The minimum absolute atomic E-state index is 0.0258. The minimum Gasteiger partial charge on any atom is -0.484 e. The second-order valence-corrected chi connectivity index (χ2v) is 6.34. The Hall–Kier alpha value is -3.35. The Kier molecular flexibility index (Phi) is 5.40. The van der Waals surface area contributed by atoms with E-state index >= 15 is 0 Å². The van der Waals surface area contributed by atoms with Crippen LogP contribution in [0, 0.1) is 6.92 Å². The summed E-state index contributed by atoms with van der Waals surface area (Å²) in [5, 5.41) is 11.8. The van der Waals surface area contributed by atoms with Crippen LogP contribution in [0.3, 0.4) is 0 Å². The van der Waals surface area contributed by atoms with Crippen molar-refractivity contribution in [2.75, 3.05) is 23.4 Å². The van der Waals surface area contributed by atoms with Gasteiger partial charge in [-0.1, -0.05) is 17.7 Å². The fourth-order valence-corrected chi connectivity index (χ4v) is 2.94. The predicted octanol–water partition coefficient (Wildman–Crippen LogP) is 2.84. The van der Waals surface area contributed by atoms with E-state index in [-0.39, 0.29) is 23.8 Å². The topological polar surface area (TPSA) is 95.9 Å². The molecule has 0 bridgehead atoms. The Morgan fingerprint density at radius 1 is 1.22 bits per heavy atom. The Morgan fingerprint density at radius 3 is 2.74 bits per heavy atom. The highest BCUT2D eigenvalue weighted by molar-refractivity contribution is 6.01. The third-order valence-corrected chi connectivity index (χ3v) is 4.25. The Morgan fingerprint density at radius 2 is 2.04 bits per heavy atom. The number of benzene rings is 2. The van der Waals surface area contributed by atoms with Crippen LogP contribution < -0.4 is 15.0 Å². The molecule has 27 heavy (non-hydrogen) atoms. The summed E-state index contributed by atoms with van der Waals surface area (Å²) in [4.78, 5) is 37.0. The van der Waals surface area contributed by atoms with E-state index in [1.165, 1.54) is 6.07 Å². The number of rotatable bonds is 6. The number of ether oxygens (including phenoxy) is 1. The van der Waals surface area contributed by atoms with Gasteiger partial charge in [0.15, 0.2) is 6.61 Å². The number of nitrogens with one attached hydrogen (secondary N) is 1. The summed E-state index contributed by atoms with van der Waals surface area (Å²) in [6.45, 7) is 2.18. The maximum atomic E-state index is 12.1. The van der Waals surface area contributed by atoms with Crippen LogP contribution >= 0.6 is 0 Å². The summed E-state index contributed by atoms with van der Waals surface area (Å²) in [5.74, 6) is -1.04. The molecule has 0 atom stereocenters. The van der Waals surface area contributed by atoms with Gasteiger partial charge >= 0.3 is 5.97 Å². The van der Waals surface area contributed by atoms with Gasteiger partial charge in [0, 0.05) is 24.7 Å². The molecule has 2 aromatic carbocycles. The molecule has 1 aliphatic heterocycles. The van der Waals surface area contributed by atoms with E-state index in [9.17, 15) is 19.5 Å². The quantitative estimate of drug-likeness (QED) is 0.817. The number of hydrogen-bond donors (Lipinski definition) is 2. The molecule has 0 spiro atoms. The number of carboxylic acids is 1. The van der Waals surface area contributed by atoms with Crippen LogP contribution in [-0.2, 0) is 9.59 Å². The summed E-state index contributed by atoms with van der Waals surface area (Å²) in [6, 6.07) is 11.8. The average Bonchev–Trinajstić information content (AvgIpc) is 3.07. The summed E-state index contributed by atoms with van der Waals surface area (Å²) < 4.78 is 5.50. The van der Waals surface area contributed by atoms with E-state index in [2.05, 4.69) is 5.32 Å². The molecular weight excluding hydrogens is 348 g/mol. The fraction of sp³-hybridized carbons (Fsp3) is 0.250. The van der Waals surface area contributed by atoms with Crippen LogP contribution in [0.1, 0.15) is 28.8 Å². The van der Waals surface area contributed by atoms with Crippen molar-refractivity contribution in [3.63, 3.8) is 0 Å². The molecule has 0 aliphatic carbocycles. The zero-order chi connectivity index (χ0) is 19.4. The number of anilines is 2. The number of carbonyl (C=O) groups excluding carboxylic acids is 2. The van der Waals surface area contributed by atoms with Gasteiger partial charge in [-0.2, -0.15) is 0 Å². The van der Waals surface area contributed by atoms with Crippen molar-refractivity contribution < 1.29 is 24.2 Å². The van der Waals surface area contributed by atoms with Gasteiger partial charge in [-0.05, 0) is 37.6 Å². The lowest BCUT2D eigenvalue weighted by Crippen LogP contribution is -2.24. The molecule has 2 aromatic rings. The van der Waals surface area contributed by atoms with Gasteiger partial charge in [-0.3, -0.25) is 9.59 Å². The normalized spacial score (nSPS) is 13.5. The van der Waals surface area contributed by atoms with Crippen molar-refractivity contribution in [1.82, 2.24) is 0 Å². The van der Waals surface area contributed by atoms with Crippen LogP contribution in [-0.4, -0.2) is 36.0 Å². The molecule has 7 nitrogen and oxygen atoms in total. The summed E-state index contributed by atoms with van der Waals surface area (Å²) in [5.41, 5.74) is 1.77. The molecule has 0 saturated carbocycles. The average molecular weight is 368 g/mol. The molecule has 0 unspecified atom stereocenters. The fourth-order valence-electron chi connectivity index (χ4n) is 2.94. The van der Waals surface area contributed by atoms with Gasteiger partial charge in [0.25, 0.3) is 5.91 Å². The van der Waals surface area contributed by atoms with Crippen molar-refractivity contribution in [3.05, 3.63) is 53.6 Å². The first-order valence-electron chi connectivity index (χ1n) is 8.61. The second-order valence-electron chi connectivity index (χ2n) is 6.34. The lowest BCUT2D eigenvalue weighted by Gasteiger charge is -2.16. The molecule has 0 aromatic heterocycles. The highest BCUT2D eigenvalue weighted by Gasteiger charge is 2.22.